The molecule has 0 saturated carbocycles. The van der Waals surface area contributed by atoms with Crippen LogP contribution in [0.2, 0.25) is 0 Å². The van der Waals surface area contributed by atoms with Gasteiger partial charge in [-0.25, -0.2) is 4.79 Å². The summed E-state index contributed by atoms with van der Waals surface area (Å²) < 4.78 is 7.03. The van der Waals surface area contributed by atoms with Crippen molar-refractivity contribution in [2.24, 2.45) is 5.92 Å². The first-order valence-corrected chi connectivity index (χ1v) is 11.4. The highest BCUT2D eigenvalue weighted by molar-refractivity contribution is 9.11. The minimum atomic E-state index is -0.308. The molecule has 0 fully saturated rings. The number of carbonyl (C=O) groups is 1. The maximum absolute atomic E-state index is 12.1. The molecule has 130 valence electrons. The van der Waals surface area contributed by atoms with Crippen LogP contribution in [-0.4, -0.2) is 18.3 Å². The largest absolute Gasteiger partial charge is 0.465 e. The number of esters is 1. The quantitative estimate of drug-likeness (QED) is 0.405. The van der Waals surface area contributed by atoms with Crippen molar-refractivity contribution in [1.29, 1.82) is 0 Å². The Balaban J connectivity index is 1.94. The Kier molecular flexibility index (Phi) is 6.11. The van der Waals surface area contributed by atoms with Crippen molar-refractivity contribution < 1.29 is 9.53 Å². The molecule has 0 saturated heterocycles. The van der Waals surface area contributed by atoms with E-state index in [4.69, 9.17) is 4.74 Å². The van der Waals surface area contributed by atoms with E-state index in [2.05, 4.69) is 51.1 Å². The predicted octanol–water partition coefficient (Wildman–Crippen LogP) is 6.85. The van der Waals surface area contributed by atoms with Gasteiger partial charge in [0.2, 0.25) is 0 Å². The summed E-state index contributed by atoms with van der Waals surface area (Å²) in [5.41, 5.74) is 1.99. The second kappa shape index (κ2) is 7.96. The molecule has 0 bridgehead atoms. The van der Waals surface area contributed by atoms with Crippen LogP contribution in [0, 0.1) is 5.92 Å². The van der Waals surface area contributed by atoms with E-state index in [9.17, 15) is 4.79 Å². The Bertz CT molecular complexity index is 879. The number of methoxy groups -OCH3 is 1. The van der Waals surface area contributed by atoms with Gasteiger partial charge in [-0.3, -0.25) is 0 Å². The van der Waals surface area contributed by atoms with Gasteiger partial charge in [-0.15, -0.1) is 34.4 Å². The van der Waals surface area contributed by atoms with Gasteiger partial charge >= 0.3 is 5.97 Å². The lowest BCUT2D eigenvalue weighted by molar-refractivity contribution is -0.135. The molecule has 2 nitrogen and oxygen atoms in total. The molecule has 3 heterocycles. The molecule has 2 unspecified atom stereocenters. The third-order valence-corrected chi connectivity index (χ3v) is 8.61. The summed E-state index contributed by atoms with van der Waals surface area (Å²) in [6, 6.07) is 8.13. The zero-order chi connectivity index (χ0) is 18.1. The Morgan fingerprint density at radius 2 is 1.60 bits per heavy atom. The van der Waals surface area contributed by atoms with Crippen molar-refractivity contribution in [3.05, 3.63) is 65.7 Å². The van der Waals surface area contributed by atoms with Crippen LogP contribution in [-0.2, 0) is 9.53 Å². The molecule has 25 heavy (non-hydrogen) atoms. The molecule has 0 N–H and O–H groups in total. The third-order valence-electron chi connectivity index (χ3n) is 3.82. The van der Waals surface area contributed by atoms with Gasteiger partial charge in [-0.05, 0) is 67.3 Å². The van der Waals surface area contributed by atoms with Crippen LogP contribution in [0.25, 0.3) is 11.1 Å². The highest BCUT2D eigenvalue weighted by Crippen LogP contribution is 2.50. The second-order valence-corrected chi connectivity index (χ2v) is 11.5. The molecule has 3 rings (SSSR count). The molecule has 0 spiro atoms. The van der Waals surface area contributed by atoms with Crippen LogP contribution in [0.15, 0.2) is 56.0 Å². The Labute approximate surface area is 175 Å². The normalized spacial score (nSPS) is 19.6. The molecule has 0 radical (unpaired) electrons. The Morgan fingerprint density at radius 1 is 1.04 bits per heavy atom. The topological polar surface area (TPSA) is 26.3 Å². The molecule has 2 aromatic heterocycles. The number of carbonyl (C=O) groups excluding carboxylic acids is 1. The summed E-state index contributed by atoms with van der Waals surface area (Å²) in [6.07, 6.45) is 1.96. The van der Waals surface area contributed by atoms with Crippen LogP contribution >= 0.6 is 66.3 Å². The molecule has 0 amide bonds. The average Bonchev–Trinajstić information content (AvgIpc) is 3.32. The van der Waals surface area contributed by atoms with Gasteiger partial charge in [0, 0.05) is 20.9 Å². The molecule has 0 aliphatic carbocycles. The number of hydrogen-bond acceptors (Lipinski definition) is 5. The first kappa shape index (κ1) is 19.2. The molecular weight excluding hydrogens is 504 g/mol. The summed E-state index contributed by atoms with van der Waals surface area (Å²) in [5, 5.41) is 0.0213. The van der Waals surface area contributed by atoms with Gasteiger partial charge in [-0.1, -0.05) is 19.2 Å². The summed E-state index contributed by atoms with van der Waals surface area (Å²) in [5.74, 6) is -0.309. The van der Waals surface area contributed by atoms with Crippen molar-refractivity contribution in [3.8, 4) is 0 Å². The SMILES string of the molecule is C=C(c1ccc(Br)s1)C1C=C(C(=O)OC)SC1C(=C)c1ccc(Br)s1. The number of rotatable bonds is 5. The molecular formula is C18H14Br2O2S3. The zero-order valence-corrected chi connectivity index (χ0v) is 18.9. The number of ether oxygens (including phenoxy) is 1. The maximum Gasteiger partial charge on any atom is 0.344 e. The van der Waals surface area contributed by atoms with Crippen LogP contribution < -0.4 is 0 Å². The van der Waals surface area contributed by atoms with Gasteiger partial charge in [0.05, 0.1) is 19.6 Å². The Hall–Kier alpha value is -0.600. The van der Waals surface area contributed by atoms with Crippen LogP contribution in [0.5, 0.6) is 0 Å². The number of halogens is 2. The summed E-state index contributed by atoms with van der Waals surface area (Å²) >= 11 is 11.8. The minimum Gasteiger partial charge on any atom is -0.465 e. The lowest BCUT2D eigenvalue weighted by Crippen LogP contribution is -2.13. The van der Waals surface area contributed by atoms with E-state index in [1.165, 1.54) is 18.9 Å². The van der Waals surface area contributed by atoms with Crippen molar-refractivity contribution in [2.45, 2.75) is 5.25 Å². The number of thiophene rings is 2. The zero-order valence-electron chi connectivity index (χ0n) is 13.3. The van der Waals surface area contributed by atoms with Crippen LogP contribution in [0.4, 0.5) is 0 Å². The summed E-state index contributed by atoms with van der Waals surface area (Å²) in [6.45, 7) is 8.61. The fourth-order valence-corrected chi connectivity index (χ4v) is 6.78. The first-order chi connectivity index (χ1) is 11.9. The molecule has 0 aromatic carbocycles. The van der Waals surface area contributed by atoms with Crippen molar-refractivity contribution in [2.75, 3.05) is 7.11 Å². The molecule has 1 aliphatic rings. The van der Waals surface area contributed by atoms with E-state index in [1.807, 2.05) is 24.3 Å². The highest BCUT2D eigenvalue weighted by atomic mass is 79.9. The lowest BCUT2D eigenvalue weighted by atomic mass is 9.91. The fourth-order valence-electron chi connectivity index (χ4n) is 2.57. The first-order valence-electron chi connectivity index (χ1n) is 7.26. The second-order valence-electron chi connectivity index (χ2n) is 5.34. The van der Waals surface area contributed by atoms with Crippen molar-refractivity contribution >= 4 is 83.4 Å². The van der Waals surface area contributed by atoms with E-state index in [1.54, 1.807) is 22.7 Å². The van der Waals surface area contributed by atoms with E-state index >= 15 is 0 Å². The minimum absolute atomic E-state index is 0.00183. The molecule has 7 heteroatoms. The van der Waals surface area contributed by atoms with Gasteiger partial charge in [-0.2, -0.15) is 0 Å². The molecule has 2 aromatic rings. The van der Waals surface area contributed by atoms with Gasteiger partial charge in [0.15, 0.2) is 0 Å². The molecule has 2 atom stereocenters. The van der Waals surface area contributed by atoms with Crippen molar-refractivity contribution in [3.63, 3.8) is 0 Å². The van der Waals surface area contributed by atoms with E-state index < -0.39 is 0 Å². The maximum atomic E-state index is 12.1. The van der Waals surface area contributed by atoms with E-state index in [-0.39, 0.29) is 17.1 Å². The predicted molar refractivity (Wildman–Crippen MR) is 117 cm³/mol. The van der Waals surface area contributed by atoms with Crippen molar-refractivity contribution in [1.82, 2.24) is 0 Å². The van der Waals surface area contributed by atoms with Gasteiger partial charge in [0.25, 0.3) is 0 Å². The average molecular weight is 518 g/mol. The smallest absolute Gasteiger partial charge is 0.344 e. The fraction of sp³-hybridized carbons (Fsp3) is 0.167. The third kappa shape index (κ3) is 4.06. The monoisotopic (exact) mass is 516 g/mol. The van der Waals surface area contributed by atoms with E-state index in [0.29, 0.717) is 4.91 Å². The highest BCUT2D eigenvalue weighted by Gasteiger charge is 2.36. The van der Waals surface area contributed by atoms with Crippen LogP contribution in [0.1, 0.15) is 9.75 Å². The van der Waals surface area contributed by atoms with E-state index in [0.717, 1.165) is 28.5 Å². The number of allylic oxidation sites excluding steroid dienone is 2. The Morgan fingerprint density at radius 3 is 2.08 bits per heavy atom. The van der Waals surface area contributed by atoms with Gasteiger partial charge in [0.1, 0.15) is 0 Å². The van der Waals surface area contributed by atoms with Gasteiger partial charge < -0.3 is 4.74 Å². The number of thioether (sulfide) groups is 1. The molecule has 1 aliphatic heterocycles. The summed E-state index contributed by atoms with van der Waals surface area (Å²) in [4.78, 5) is 14.9. The number of hydrogen-bond donors (Lipinski definition) is 0. The van der Waals surface area contributed by atoms with Crippen LogP contribution in [0.3, 0.4) is 0 Å². The summed E-state index contributed by atoms with van der Waals surface area (Å²) in [7, 11) is 1.41. The standard InChI is InChI=1S/C18H14Br2O2S3/c1-9(12-4-6-15(19)23-12)11-8-14(18(21)22-3)25-17(11)10(2)13-5-7-16(20)24-13/h4-8,11,17H,1-2H2,3H3. The lowest BCUT2D eigenvalue weighted by Gasteiger charge is -2.21.